The standard InChI is InChI=1S/C41H37Cl3N6O3/c1-25(30-14-12-27(42)22-32(30)44)50-24-45-37(26-8-3-2-4-9-26)39(50)36-31-15-13-28(43)23-34(31)46-38(36)40(51)47-33-10-5-6-11-35(33)48-19-16-29(17-20-48)49-18-7-21-53-41(49)52/h2-6,8-15,22-25,29,46H,7,16-21H2,1H3,(H,47,51). The lowest BCUT2D eigenvalue weighted by molar-refractivity contribution is 0.0499. The molecule has 0 spiro atoms. The number of aromatic nitrogens is 3. The fraction of sp³-hybridized carbons (Fsp3) is 0.244. The number of hydrogen-bond donors (Lipinski definition) is 2. The zero-order valence-corrected chi connectivity index (χ0v) is 31.3. The van der Waals surface area contributed by atoms with E-state index in [0.717, 1.165) is 66.8 Å². The highest BCUT2D eigenvalue weighted by atomic mass is 35.5. The number of anilines is 2. The van der Waals surface area contributed by atoms with Gasteiger partial charge in [0.2, 0.25) is 0 Å². The number of halogens is 3. The summed E-state index contributed by atoms with van der Waals surface area (Å²) < 4.78 is 7.37. The Balaban J connectivity index is 1.19. The first kappa shape index (κ1) is 35.1. The van der Waals surface area contributed by atoms with Crippen LogP contribution in [-0.4, -0.2) is 63.7 Å². The highest BCUT2D eigenvalue weighted by molar-refractivity contribution is 6.35. The Kier molecular flexibility index (Phi) is 9.81. The van der Waals surface area contributed by atoms with Gasteiger partial charge in [-0.25, -0.2) is 9.78 Å². The Hall–Kier alpha value is -4.96. The average Bonchev–Trinajstić information content (AvgIpc) is 3.77. The Bertz CT molecular complexity index is 2320. The number of cyclic esters (lactones) is 1. The molecule has 2 saturated heterocycles. The topological polar surface area (TPSA) is 95.5 Å². The summed E-state index contributed by atoms with van der Waals surface area (Å²) in [7, 11) is 0. The Morgan fingerprint density at radius 3 is 2.43 bits per heavy atom. The minimum absolute atomic E-state index is 0.135. The average molecular weight is 768 g/mol. The van der Waals surface area contributed by atoms with E-state index in [1.807, 2.05) is 96.8 Å². The summed E-state index contributed by atoms with van der Waals surface area (Å²) in [6.07, 6.45) is 4.05. The SMILES string of the molecule is CC(c1ccc(Cl)cc1Cl)n1cnc(-c2ccccc2)c1-c1c(C(=O)Nc2ccccc2N2CCC(N3CCCOC3=O)CC2)[nH]c2cc(Cl)ccc12. The molecule has 1 unspecified atom stereocenters. The first-order chi connectivity index (χ1) is 25.8. The van der Waals surface area contributed by atoms with Crippen molar-refractivity contribution in [1.29, 1.82) is 0 Å². The zero-order valence-electron chi connectivity index (χ0n) is 29.0. The molecule has 270 valence electrons. The fourth-order valence-electron chi connectivity index (χ4n) is 7.64. The second kappa shape index (κ2) is 14.8. The number of benzene rings is 4. The molecule has 2 amide bonds. The normalized spacial score (nSPS) is 15.8. The first-order valence-corrected chi connectivity index (χ1v) is 18.9. The van der Waals surface area contributed by atoms with Crippen molar-refractivity contribution in [2.45, 2.75) is 38.3 Å². The molecule has 12 heteroatoms. The van der Waals surface area contributed by atoms with Crippen LogP contribution >= 0.6 is 34.8 Å². The van der Waals surface area contributed by atoms with Gasteiger partial charge in [-0.2, -0.15) is 0 Å². The van der Waals surface area contributed by atoms with E-state index in [-0.39, 0.29) is 24.1 Å². The van der Waals surface area contributed by atoms with Gasteiger partial charge in [0.1, 0.15) is 5.69 Å². The molecule has 8 rings (SSSR count). The zero-order chi connectivity index (χ0) is 36.6. The fourth-order valence-corrected chi connectivity index (χ4v) is 8.38. The van der Waals surface area contributed by atoms with Crippen LogP contribution in [-0.2, 0) is 4.74 Å². The van der Waals surface area contributed by atoms with Crippen molar-refractivity contribution in [3.63, 3.8) is 0 Å². The number of piperidine rings is 1. The lowest BCUT2D eigenvalue weighted by Gasteiger charge is -2.40. The maximum absolute atomic E-state index is 14.7. The molecule has 0 radical (unpaired) electrons. The number of fused-ring (bicyclic) bond motifs is 1. The lowest BCUT2D eigenvalue weighted by Crippen LogP contribution is -2.50. The third-order valence-corrected chi connectivity index (χ3v) is 11.1. The number of nitrogens with zero attached hydrogens (tertiary/aromatic N) is 4. The van der Waals surface area contributed by atoms with Crippen LogP contribution in [0.5, 0.6) is 0 Å². The third kappa shape index (κ3) is 6.85. The second-order valence-corrected chi connectivity index (χ2v) is 14.8. The van der Waals surface area contributed by atoms with Crippen molar-refractivity contribution >= 4 is 69.1 Å². The minimum Gasteiger partial charge on any atom is -0.449 e. The van der Waals surface area contributed by atoms with E-state index >= 15 is 0 Å². The van der Waals surface area contributed by atoms with Gasteiger partial charge < -0.3 is 29.4 Å². The van der Waals surface area contributed by atoms with E-state index in [1.54, 1.807) is 12.4 Å². The largest absolute Gasteiger partial charge is 0.449 e. The van der Waals surface area contributed by atoms with Gasteiger partial charge in [0.15, 0.2) is 0 Å². The second-order valence-electron chi connectivity index (χ2n) is 13.5. The summed E-state index contributed by atoms with van der Waals surface area (Å²) in [5.74, 6) is -0.310. The summed E-state index contributed by atoms with van der Waals surface area (Å²) in [6.45, 7) is 4.74. The lowest BCUT2D eigenvalue weighted by atomic mass is 9.99. The van der Waals surface area contributed by atoms with E-state index < -0.39 is 0 Å². The van der Waals surface area contributed by atoms with E-state index in [4.69, 9.17) is 44.5 Å². The number of ether oxygens (including phenoxy) is 1. The summed E-state index contributed by atoms with van der Waals surface area (Å²) in [5.41, 5.74) is 6.61. The number of para-hydroxylation sites is 2. The van der Waals surface area contributed by atoms with Gasteiger partial charge in [-0.05, 0) is 68.1 Å². The van der Waals surface area contributed by atoms with Crippen LogP contribution in [0.15, 0.2) is 97.3 Å². The van der Waals surface area contributed by atoms with E-state index in [0.29, 0.717) is 49.8 Å². The number of hydrogen-bond acceptors (Lipinski definition) is 5. The summed E-state index contributed by atoms with van der Waals surface area (Å²) >= 11 is 19.6. The van der Waals surface area contributed by atoms with Gasteiger partial charge in [-0.3, -0.25) is 4.79 Å². The number of aromatic amines is 1. The van der Waals surface area contributed by atoms with E-state index in [1.165, 1.54) is 0 Å². The smallest absolute Gasteiger partial charge is 0.410 e. The number of imidazole rings is 1. The highest BCUT2D eigenvalue weighted by Crippen LogP contribution is 2.42. The van der Waals surface area contributed by atoms with Gasteiger partial charge in [0.25, 0.3) is 5.91 Å². The van der Waals surface area contributed by atoms with Gasteiger partial charge in [0, 0.05) is 62.8 Å². The molecule has 0 aliphatic carbocycles. The summed E-state index contributed by atoms with van der Waals surface area (Å²) in [6, 6.07) is 28.7. The quantitative estimate of drug-likeness (QED) is 0.161. The maximum Gasteiger partial charge on any atom is 0.410 e. The van der Waals surface area contributed by atoms with E-state index in [9.17, 15) is 9.59 Å². The number of carbonyl (C=O) groups is 2. The van der Waals surface area contributed by atoms with Crippen LogP contribution in [0.25, 0.3) is 33.4 Å². The molecule has 0 saturated carbocycles. The number of amides is 2. The van der Waals surface area contributed by atoms with Crippen LogP contribution in [0.1, 0.15) is 48.3 Å². The predicted octanol–water partition coefficient (Wildman–Crippen LogP) is 10.3. The summed E-state index contributed by atoms with van der Waals surface area (Å²) in [4.78, 5) is 39.6. The van der Waals surface area contributed by atoms with Gasteiger partial charge in [-0.1, -0.05) is 89.4 Å². The molecule has 2 fully saturated rings. The molecule has 2 aliphatic rings. The van der Waals surface area contributed by atoms with Crippen LogP contribution in [0, 0.1) is 0 Å². The number of rotatable bonds is 8. The van der Waals surface area contributed by atoms with Crippen molar-refractivity contribution in [2.24, 2.45) is 0 Å². The van der Waals surface area contributed by atoms with Gasteiger partial charge >= 0.3 is 6.09 Å². The van der Waals surface area contributed by atoms with Crippen molar-refractivity contribution in [2.75, 3.05) is 36.5 Å². The molecule has 2 aliphatic heterocycles. The minimum atomic E-state index is -0.310. The van der Waals surface area contributed by atoms with Crippen molar-refractivity contribution in [3.05, 3.63) is 124 Å². The summed E-state index contributed by atoms with van der Waals surface area (Å²) in [5, 5.41) is 5.69. The molecule has 6 aromatic rings. The molecule has 9 nitrogen and oxygen atoms in total. The molecule has 53 heavy (non-hydrogen) atoms. The highest BCUT2D eigenvalue weighted by Gasteiger charge is 2.32. The molecule has 2 aromatic heterocycles. The predicted molar refractivity (Wildman–Crippen MR) is 213 cm³/mol. The van der Waals surface area contributed by atoms with Crippen LogP contribution in [0.3, 0.4) is 0 Å². The van der Waals surface area contributed by atoms with Crippen molar-refractivity contribution < 1.29 is 14.3 Å². The Labute approximate surface area is 322 Å². The Morgan fingerprint density at radius 1 is 0.925 bits per heavy atom. The van der Waals surface area contributed by atoms with Crippen LogP contribution < -0.4 is 10.2 Å². The molecule has 1 atom stereocenters. The molecular formula is C41H37Cl3N6O3. The first-order valence-electron chi connectivity index (χ1n) is 17.7. The van der Waals surface area contributed by atoms with Crippen molar-refractivity contribution in [3.8, 4) is 22.5 Å². The van der Waals surface area contributed by atoms with Gasteiger partial charge in [-0.15, -0.1) is 0 Å². The number of carbonyl (C=O) groups excluding carboxylic acids is 2. The van der Waals surface area contributed by atoms with Crippen LogP contribution in [0.4, 0.5) is 16.2 Å². The number of nitrogens with one attached hydrogen (secondary N) is 2. The number of H-pyrrole nitrogens is 1. The molecule has 2 N–H and O–H groups in total. The van der Waals surface area contributed by atoms with Crippen molar-refractivity contribution in [1.82, 2.24) is 19.4 Å². The van der Waals surface area contributed by atoms with Gasteiger partial charge in [0.05, 0.1) is 41.7 Å². The van der Waals surface area contributed by atoms with Crippen LogP contribution in [0.2, 0.25) is 15.1 Å². The third-order valence-electron chi connectivity index (χ3n) is 10.3. The monoisotopic (exact) mass is 766 g/mol. The Morgan fingerprint density at radius 2 is 1.66 bits per heavy atom. The molecule has 0 bridgehead atoms. The molecule has 4 aromatic carbocycles. The molecule has 4 heterocycles. The maximum atomic E-state index is 14.7. The molecular weight excluding hydrogens is 731 g/mol. The van der Waals surface area contributed by atoms with E-state index in [2.05, 4.69) is 19.8 Å².